The van der Waals surface area contributed by atoms with Crippen molar-refractivity contribution < 1.29 is 47.2 Å². The van der Waals surface area contributed by atoms with Crippen LogP contribution in [0.15, 0.2) is 60.8 Å². The molecule has 0 bridgehead atoms. The van der Waals surface area contributed by atoms with Gasteiger partial charge >= 0.3 is 11.9 Å². The summed E-state index contributed by atoms with van der Waals surface area (Å²) >= 11 is 0. The van der Waals surface area contributed by atoms with Gasteiger partial charge in [0, 0.05) is 12.8 Å². The van der Waals surface area contributed by atoms with Gasteiger partial charge < -0.3 is 33.0 Å². The Hall–Kier alpha value is -2.33. The number of aliphatic hydroxyl groups excluding tert-OH is 1. The van der Waals surface area contributed by atoms with Crippen LogP contribution in [0.5, 0.6) is 0 Å². The molecule has 11 heteroatoms. The van der Waals surface area contributed by atoms with Gasteiger partial charge in [-0.2, -0.15) is 0 Å². The molecule has 366 valence electrons. The van der Waals surface area contributed by atoms with Crippen molar-refractivity contribution in [1.82, 2.24) is 0 Å². The third-order valence-electron chi connectivity index (χ3n) is 10.6. The van der Waals surface area contributed by atoms with E-state index in [4.69, 9.17) is 18.5 Å². The minimum Gasteiger partial charge on any atom is -0.756 e. The van der Waals surface area contributed by atoms with E-state index in [1.54, 1.807) is 6.08 Å². The van der Waals surface area contributed by atoms with Gasteiger partial charge in [-0.15, -0.1) is 0 Å². The lowest BCUT2D eigenvalue weighted by Gasteiger charge is -2.28. The van der Waals surface area contributed by atoms with Gasteiger partial charge in [-0.25, -0.2) is 0 Å². The number of carbonyl (C=O) groups excluding carboxylic acids is 2. The Morgan fingerprint density at radius 3 is 1.68 bits per heavy atom. The van der Waals surface area contributed by atoms with Crippen molar-refractivity contribution in [3.63, 3.8) is 0 Å². The van der Waals surface area contributed by atoms with E-state index < -0.39 is 38.6 Å². The molecule has 0 radical (unpaired) electrons. The highest BCUT2D eigenvalue weighted by Gasteiger charge is 2.21. The van der Waals surface area contributed by atoms with Crippen LogP contribution in [0.4, 0.5) is 0 Å². The first kappa shape index (κ1) is 60.7. The summed E-state index contributed by atoms with van der Waals surface area (Å²) in [4.78, 5) is 37.7. The molecule has 63 heavy (non-hydrogen) atoms. The maximum atomic E-state index is 12.7. The summed E-state index contributed by atoms with van der Waals surface area (Å²) in [5, 5.41) is 10.1. The molecule has 1 unspecified atom stereocenters. The molecule has 0 aliphatic rings. The number of esters is 2. The van der Waals surface area contributed by atoms with Crippen LogP contribution < -0.4 is 4.89 Å². The van der Waals surface area contributed by atoms with Gasteiger partial charge in [0.15, 0.2) is 6.10 Å². The lowest BCUT2D eigenvalue weighted by atomic mass is 10.0. The van der Waals surface area contributed by atoms with Crippen molar-refractivity contribution >= 4 is 19.8 Å². The summed E-state index contributed by atoms with van der Waals surface area (Å²) in [6.07, 6.45) is 50.0. The monoisotopic (exact) mass is 908 g/mol. The largest absolute Gasteiger partial charge is 0.756 e. The van der Waals surface area contributed by atoms with E-state index in [-0.39, 0.29) is 26.1 Å². The zero-order valence-electron chi connectivity index (χ0n) is 40.9. The number of rotatable bonds is 45. The Kier molecular flexibility index (Phi) is 41.9. The molecular formula is C52H94NO9P. The second-order valence-electron chi connectivity index (χ2n) is 18.0. The number of aliphatic hydroxyl groups is 1. The number of hydrogen-bond acceptors (Lipinski definition) is 9. The third-order valence-corrected chi connectivity index (χ3v) is 11.6. The molecule has 0 amide bonds. The molecule has 10 nitrogen and oxygen atoms in total. The number of likely N-dealkylation sites (N-methyl/N-ethyl adjacent to an activating group) is 1. The van der Waals surface area contributed by atoms with Crippen LogP contribution in [0, 0.1) is 0 Å². The highest BCUT2D eigenvalue weighted by Crippen LogP contribution is 2.38. The van der Waals surface area contributed by atoms with Gasteiger partial charge in [0.25, 0.3) is 7.82 Å². The highest BCUT2D eigenvalue weighted by atomic mass is 31.2. The van der Waals surface area contributed by atoms with Crippen molar-refractivity contribution in [2.75, 3.05) is 47.5 Å². The summed E-state index contributed by atoms with van der Waals surface area (Å²) in [7, 11) is 1.09. The molecule has 0 spiro atoms. The number of ether oxygens (including phenoxy) is 2. The molecule has 3 atom stereocenters. The molecule has 0 saturated carbocycles. The number of unbranched alkanes of at least 4 members (excludes halogenated alkanes) is 21. The molecule has 0 rings (SSSR count). The maximum absolute atomic E-state index is 12.7. The fourth-order valence-corrected chi connectivity index (χ4v) is 7.34. The van der Waals surface area contributed by atoms with E-state index in [1.807, 2.05) is 57.6 Å². The van der Waals surface area contributed by atoms with Gasteiger partial charge in [-0.1, -0.05) is 177 Å². The fraction of sp³-hybridized carbons (Fsp3) is 0.769. The highest BCUT2D eigenvalue weighted by molar-refractivity contribution is 7.45. The van der Waals surface area contributed by atoms with Gasteiger partial charge in [0.2, 0.25) is 0 Å². The number of quaternary nitrogens is 1. The summed E-state index contributed by atoms with van der Waals surface area (Å²) in [6.45, 7) is 4.05. The molecule has 0 heterocycles. The molecule has 0 fully saturated rings. The van der Waals surface area contributed by atoms with Crippen LogP contribution in [0.3, 0.4) is 0 Å². The standard InChI is InChI=1S/C52H94NO9P/c1-6-8-10-12-14-15-16-17-18-19-20-21-22-23-24-25-26-27-31-35-39-43-51(55)59-47-50(48-61-63(57,58)60-46-45-53(3,4)5)62-52(56)44-40-36-32-29-28-30-34-38-42-49(54)41-37-33-13-11-9-7-2/h17-18,29-30,32-34,37-38,42,49-50,54H,6-16,19-28,31,35-36,39-41,43-48H2,1-5H3/b18-17-,32-29-,34-30-,37-33-,42-38+/t49-,50+/m0/s1. The minimum absolute atomic E-state index is 0.0539. The van der Waals surface area contributed by atoms with E-state index in [0.717, 1.165) is 32.1 Å². The summed E-state index contributed by atoms with van der Waals surface area (Å²) in [5.41, 5.74) is 0. The quantitative estimate of drug-likeness (QED) is 0.0158. The van der Waals surface area contributed by atoms with E-state index >= 15 is 0 Å². The van der Waals surface area contributed by atoms with E-state index in [0.29, 0.717) is 36.7 Å². The Bertz CT molecular complexity index is 1270. The molecule has 1 N–H and O–H groups in total. The Morgan fingerprint density at radius 1 is 0.587 bits per heavy atom. The van der Waals surface area contributed by atoms with Crippen LogP contribution >= 0.6 is 7.82 Å². The van der Waals surface area contributed by atoms with Gasteiger partial charge in [-0.3, -0.25) is 14.2 Å². The molecule has 0 aromatic heterocycles. The molecule has 0 aromatic rings. The Labute approximate surface area is 386 Å². The summed E-state index contributed by atoms with van der Waals surface area (Å²) in [6, 6.07) is 0. The smallest absolute Gasteiger partial charge is 0.306 e. The third kappa shape index (κ3) is 47.5. The Balaban J connectivity index is 4.39. The average Bonchev–Trinajstić information content (AvgIpc) is 3.23. The minimum atomic E-state index is -4.66. The van der Waals surface area contributed by atoms with Crippen molar-refractivity contribution in [3.05, 3.63) is 60.8 Å². The SMILES string of the molecule is CCCCC/C=C\C[C@H](O)/C=C/C=C\C/C=C\CCCC(=O)O[C@H](COC(=O)CCCCCCCCCCCCC/C=C\CCCCCCCC)COP(=O)([O-])OCC[N+](C)(C)C. The van der Waals surface area contributed by atoms with Gasteiger partial charge in [-0.05, 0) is 70.6 Å². The summed E-state index contributed by atoms with van der Waals surface area (Å²) < 4.78 is 33.9. The van der Waals surface area contributed by atoms with Crippen LogP contribution in [0.25, 0.3) is 0 Å². The lowest BCUT2D eigenvalue weighted by molar-refractivity contribution is -0.870. The van der Waals surface area contributed by atoms with Gasteiger partial charge in [0.05, 0.1) is 33.9 Å². The molecule has 0 aromatic carbocycles. The fourth-order valence-electron chi connectivity index (χ4n) is 6.61. The zero-order valence-corrected chi connectivity index (χ0v) is 41.8. The molecule has 0 saturated heterocycles. The molecule has 0 aliphatic heterocycles. The second kappa shape index (κ2) is 43.6. The van der Waals surface area contributed by atoms with Crippen molar-refractivity contribution in [1.29, 1.82) is 0 Å². The van der Waals surface area contributed by atoms with Gasteiger partial charge in [0.1, 0.15) is 19.8 Å². The van der Waals surface area contributed by atoms with E-state index in [2.05, 4.69) is 32.1 Å². The van der Waals surface area contributed by atoms with Crippen LogP contribution in [-0.4, -0.2) is 81.2 Å². The number of carbonyl (C=O) groups is 2. The molecular weight excluding hydrogens is 814 g/mol. The van der Waals surface area contributed by atoms with Crippen molar-refractivity contribution in [2.24, 2.45) is 0 Å². The zero-order chi connectivity index (χ0) is 46.5. The maximum Gasteiger partial charge on any atom is 0.306 e. The number of hydrogen-bond donors (Lipinski definition) is 1. The van der Waals surface area contributed by atoms with Crippen LogP contribution in [-0.2, 0) is 32.7 Å². The lowest BCUT2D eigenvalue weighted by Crippen LogP contribution is -2.37. The normalized spacial score (nSPS) is 14.5. The predicted octanol–water partition coefficient (Wildman–Crippen LogP) is 13.1. The number of allylic oxidation sites excluding steroid dienone is 8. The second-order valence-corrected chi connectivity index (χ2v) is 19.4. The first-order chi connectivity index (χ1) is 30.4. The van der Waals surface area contributed by atoms with E-state index in [1.165, 1.54) is 116 Å². The first-order valence-electron chi connectivity index (χ1n) is 25.1. The number of phosphoric acid groups is 1. The van der Waals surface area contributed by atoms with Crippen molar-refractivity contribution in [3.8, 4) is 0 Å². The first-order valence-corrected chi connectivity index (χ1v) is 26.6. The Morgan fingerprint density at radius 2 is 1.08 bits per heavy atom. The predicted molar refractivity (Wildman–Crippen MR) is 260 cm³/mol. The van der Waals surface area contributed by atoms with Crippen LogP contribution in [0.1, 0.15) is 200 Å². The van der Waals surface area contributed by atoms with E-state index in [9.17, 15) is 24.2 Å². The topological polar surface area (TPSA) is 131 Å². The molecule has 0 aliphatic carbocycles. The van der Waals surface area contributed by atoms with Crippen LogP contribution in [0.2, 0.25) is 0 Å². The number of phosphoric ester groups is 1. The van der Waals surface area contributed by atoms with Crippen molar-refractivity contribution in [2.45, 2.75) is 212 Å². The number of nitrogens with zero attached hydrogens (tertiary/aromatic N) is 1. The summed E-state index contributed by atoms with van der Waals surface area (Å²) in [5.74, 6) is -0.939. The average molecular weight is 908 g/mol.